The Hall–Kier alpha value is -1.62. The van der Waals surface area contributed by atoms with Gasteiger partial charge in [0.05, 0.1) is 0 Å². The predicted molar refractivity (Wildman–Crippen MR) is 81.9 cm³/mol. The Morgan fingerprint density at radius 2 is 2.10 bits per heavy atom. The van der Waals surface area contributed by atoms with Gasteiger partial charge in [-0.05, 0) is 43.4 Å². The maximum atomic E-state index is 5.87. The zero-order valence-electron chi connectivity index (χ0n) is 11.3. The van der Waals surface area contributed by atoms with Gasteiger partial charge in [-0.3, -0.25) is 0 Å². The zero-order valence-corrected chi connectivity index (χ0v) is 12.1. The van der Waals surface area contributed by atoms with E-state index in [9.17, 15) is 0 Å². The van der Waals surface area contributed by atoms with E-state index in [1.54, 1.807) is 11.5 Å². The third-order valence-corrected chi connectivity index (χ3v) is 4.68. The summed E-state index contributed by atoms with van der Waals surface area (Å²) < 4.78 is 4.53. The first kappa shape index (κ1) is 12.1. The van der Waals surface area contributed by atoms with Gasteiger partial charge in [0.25, 0.3) is 0 Å². The second kappa shape index (κ2) is 4.74. The van der Waals surface area contributed by atoms with Gasteiger partial charge in [-0.25, -0.2) is 4.98 Å². The molecule has 104 valence electrons. The van der Waals surface area contributed by atoms with E-state index in [2.05, 4.69) is 21.4 Å². The smallest absolute Gasteiger partial charge is 0.205 e. The molecule has 0 radical (unpaired) electrons. The van der Waals surface area contributed by atoms with Crippen LogP contribution in [0.15, 0.2) is 24.3 Å². The van der Waals surface area contributed by atoms with E-state index in [1.165, 1.54) is 31.2 Å². The van der Waals surface area contributed by atoms with Crippen LogP contribution in [0.1, 0.15) is 43.0 Å². The molecule has 0 atom stereocenters. The van der Waals surface area contributed by atoms with Crippen LogP contribution in [0, 0.1) is 0 Å². The second-order valence-corrected chi connectivity index (χ2v) is 6.54. The SMILES string of the molecule is Nc1cccc(CN(c2nc(C3CC3)ns2)C2CC2)c1. The van der Waals surface area contributed by atoms with E-state index in [0.29, 0.717) is 12.0 Å². The number of anilines is 2. The Balaban J connectivity index is 1.57. The summed E-state index contributed by atoms with van der Waals surface area (Å²) in [6.07, 6.45) is 5.05. The van der Waals surface area contributed by atoms with Gasteiger partial charge in [-0.2, -0.15) is 4.37 Å². The minimum Gasteiger partial charge on any atom is -0.399 e. The number of aromatic nitrogens is 2. The van der Waals surface area contributed by atoms with E-state index in [1.807, 2.05) is 12.1 Å². The highest BCUT2D eigenvalue weighted by Gasteiger charge is 2.33. The van der Waals surface area contributed by atoms with Crippen LogP contribution in [0.3, 0.4) is 0 Å². The summed E-state index contributed by atoms with van der Waals surface area (Å²) in [7, 11) is 0. The van der Waals surface area contributed by atoms with Crippen molar-refractivity contribution >= 4 is 22.4 Å². The van der Waals surface area contributed by atoms with Gasteiger partial charge in [-0.15, -0.1) is 0 Å². The summed E-state index contributed by atoms with van der Waals surface area (Å²) in [6.45, 7) is 0.884. The molecular formula is C15H18N4S. The third-order valence-electron chi connectivity index (χ3n) is 3.91. The molecule has 5 heteroatoms. The Kier molecular flexibility index (Phi) is 2.88. The normalized spacial score (nSPS) is 18.2. The average molecular weight is 286 g/mol. The monoisotopic (exact) mass is 286 g/mol. The summed E-state index contributed by atoms with van der Waals surface area (Å²) in [5, 5.41) is 1.08. The molecule has 0 aliphatic heterocycles. The van der Waals surface area contributed by atoms with Gasteiger partial charge in [-0.1, -0.05) is 12.1 Å². The molecular weight excluding hydrogens is 268 g/mol. The molecule has 2 saturated carbocycles. The standard InChI is InChI=1S/C15H18N4S/c16-12-3-1-2-10(8-12)9-19(13-6-7-13)15-17-14(18-20-15)11-4-5-11/h1-3,8,11,13H,4-7,9,16H2. The first-order valence-electron chi connectivity index (χ1n) is 7.24. The van der Waals surface area contributed by atoms with E-state index >= 15 is 0 Å². The van der Waals surface area contributed by atoms with E-state index in [0.717, 1.165) is 23.2 Å². The van der Waals surface area contributed by atoms with Crippen molar-refractivity contribution in [3.05, 3.63) is 35.7 Å². The maximum Gasteiger partial charge on any atom is 0.205 e. The summed E-state index contributed by atoms with van der Waals surface area (Å²) in [5.74, 6) is 1.69. The fourth-order valence-electron chi connectivity index (χ4n) is 2.48. The van der Waals surface area contributed by atoms with E-state index in [4.69, 9.17) is 10.7 Å². The highest BCUT2D eigenvalue weighted by molar-refractivity contribution is 7.09. The molecule has 1 aromatic heterocycles. The third kappa shape index (κ3) is 2.50. The quantitative estimate of drug-likeness (QED) is 0.858. The number of hydrogen-bond acceptors (Lipinski definition) is 5. The minimum atomic E-state index is 0.633. The summed E-state index contributed by atoms with van der Waals surface area (Å²) in [5.41, 5.74) is 7.95. The molecule has 1 aromatic carbocycles. The lowest BCUT2D eigenvalue weighted by Crippen LogP contribution is -2.24. The van der Waals surface area contributed by atoms with Crippen LogP contribution < -0.4 is 10.6 Å². The van der Waals surface area contributed by atoms with Crippen molar-refractivity contribution in [3.63, 3.8) is 0 Å². The van der Waals surface area contributed by atoms with Crippen LogP contribution in [0.4, 0.5) is 10.8 Å². The Bertz CT molecular complexity index is 616. The van der Waals surface area contributed by atoms with Crippen molar-refractivity contribution in [2.24, 2.45) is 0 Å². The number of hydrogen-bond donors (Lipinski definition) is 1. The van der Waals surface area contributed by atoms with Crippen LogP contribution in [-0.4, -0.2) is 15.4 Å². The zero-order chi connectivity index (χ0) is 13.5. The lowest BCUT2D eigenvalue weighted by molar-refractivity contribution is 0.785. The number of nitrogens with two attached hydrogens (primary N) is 1. The predicted octanol–water partition coefficient (Wildman–Crippen LogP) is 3.17. The van der Waals surface area contributed by atoms with Gasteiger partial charge in [0, 0.05) is 35.7 Å². The van der Waals surface area contributed by atoms with Crippen LogP contribution in [0.5, 0.6) is 0 Å². The topological polar surface area (TPSA) is 55.0 Å². The Morgan fingerprint density at radius 3 is 2.80 bits per heavy atom. The van der Waals surface area contributed by atoms with Crippen molar-refractivity contribution < 1.29 is 0 Å². The molecule has 4 rings (SSSR count). The molecule has 0 bridgehead atoms. The molecule has 2 aromatic rings. The number of nitrogens with zero attached hydrogens (tertiary/aromatic N) is 3. The van der Waals surface area contributed by atoms with Crippen molar-refractivity contribution in [1.29, 1.82) is 0 Å². The summed E-state index contributed by atoms with van der Waals surface area (Å²) >= 11 is 1.55. The van der Waals surface area contributed by atoms with Gasteiger partial charge in [0.1, 0.15) is 5.82 Å². The lowest BCUT2D eigenvalue weighted by Gasteiger charge is -2.21. The molecule has 4 nitrogen and oxygen atoms in total. The molecule has 2 fully saturated rings. The fourth-order valence-corrected chi connectivity index (χ4v) is 3.30. The van der Waals surface area contributed by atoms with Crippen LogP contribution >= 0.6 is 11.5 Å². The lowest BCUT2D eigenvalue weighted by atomic mass is 10.2. The largest absolute Gasteiger partial charge is 0.399 e. The molecule has 2 N–H and O–H groups in total. The fraction of sp³-hybridized carbons (Fsp3) is 0.467. The average Bonchev–Trinajstić information content (AvgIpc) is 3.35. The van der Waals surface area contributed by atoms with Crippen molar-refractivity contribution in [1.82, 2.24) is 9.36 Å². The van der Waals surface area contributed by atoms with Crippen molar-refractivity contribution in [2.75, 3.05) is 10.6 Å². The first-order chi connectivity index (χ1) is 9.79. The number of benzene rings is 1. The molecule has 2 aliphatic rings. The van der Waals surface area contributed by atoms with Gasteiger partial charge in [0.2, 0.25) is 5.13 Å². The first-order valence-corrected chi connectivity index (χ1v) is 8.01. The molecule has 0 saturated heterocycles. The Labute approximate surface area is 122 Å². The Morgan fingerprint density at radius 1 is 1.25 bits per heavy atom. The second-order valence-electron chi connectivity index (χ2n) is 5.81. The van der Waals surface area contributed by atoms with Crippen LogP contribution in [0.25, 0.3) is 0 Å². The summed E-state index contributed by atoms with van der Waals surface area (Å²) in [6, 6.07) is 8.77. The highest BCUT2D eigenvalue weighted by Crippen LogP contribution is 2.41. The van der Waals surface area contributed by atoms with Gasteiger partial charge >= 0.3 is 0 Å². The molecule has 2 aliphatic carbocycles. The number of rotatable bonds is 5. The maximum absolute atomic E-state index is 5.87. The molecule has 0 unspecified atom stereocenters. The van der Waals surface area contributed by atoms with Crippen molar-refractivity contribution in [2.45, 2.75) is 44.2 Å². The summed E-state index contributed by atoms with van der Waals surface area (Å²) in [4.78, 5) is 7.16. The van der Waals surface area contributed by atoms with Gasteiger partial charge in [0.15, 0.2) is 0 Å². The van der Waals surface area contributed by atoms with E-state index < -0.39 is 0 Å². The van der Waals surface area contributed by atoms with E-state index in [-0.39, 0.29) is 0 Å². The molecule has 20 heavy (non-hydrogen) atoms. The van der Waals surface area contributed by atoms with Crippen LogP contribution in [-0.2, 0) is 6.54 Å². The van der Waals surface area contributed by atoms with Crippen molar-refractivity contribution in [3.8, 4) is 0 Å². The molecule has 0 spiro atoms. The highest BCUT2D eigenvalue weighted by atomic mass is 32.1. The minimum absolute atomic E-state index is 0.633. The molecule has 0 amide bonds. The van der Waals surface area contributed by atoms with Crippen LogP contribution in [0.2, 0.25) is 0 Å². The molecule has 1 heterocycles. The number of nitrogen functional groups attached to an aromatic ring is 1. The van der Waals surface area contributed by atoms with Gasteiger partial charge < -0.3 is 10.6 Å².